The molecule has 0 heterocycles. The second kappa shape index (κ2) is 8.41. The molecule has 0 aliphatic rings. The molecule has 0 unspecified atom stereocenters. The molecule has 2 heteroatoms. The van der Waals surface area contributed by atoms with Crippen LogP contribution in [-0.4, -0.2) is 7.85 Å². The predicted octanol–water partition coefficient (Wildman–Crippen LogP) is 5.06. The molecule has 0 amide bonds. The van der Waals surface area contributed by atoms with Gasteiger partial charge in [0.25, 0.3) is 0 Å². The van der Waals surface area contributed by atoms with Gasteiger partial charge in [0.15, 0.2) is 0 Å². The highest BCUT2D eigenvalue weighted by Crippen LogP contribution is 2.20. The van der Waals surface area contributed by atoms with E-state index in [-0.39, 0.29) is 0 Å². The van der Waals surface area contributed by atoms with E-state index in [1.54, 1.807) is 0 Å². The van der Waals surface area contributed by atoms with E-state index in [1.807, 2.05) is 18.2 Å². The maximum Gasteiger partial charge on any atom is 0.0653 e. The van der Waals surface area contributed by atoms with Gasteiger partial charge in [-0.15, -0.1) is 0 Å². The molecule has 90 valence electrons. The second-order valence-corrected chi connectivity index (χ2v) is 4.77. The van der Waals surface area contributed by atoms with Gasteiger partial charge in [-0.2, -0.15) is 0 Å². The molecule has 0 aliphatic heterocycles. The molecule has 1 aromatic carbocycles. The summed E-state index contributed by atoms with van der Waals surface area (Å²) < 4.78 is 0. The Morgan fingerprint density at radius 1 is 1.12 bits per heavy atom. The predicted molar refractivity (Wildman–Crippen MR) is 78.9 cm³/mol. The van der Waals surface area contributed by atoms with Crippen molar-refractivity contribution in [2.45, 2.75) is 44.8 Å². The zero-order valence-corrected chi connectivity index (χ0v) is 11.2. The minimum atomic E-state index is 0.813. The standard InChI is InChI=1S/C15H20BCl/c1-2-13-9-10-15(17)14(12-13)8-6-4-3-5-7-11-16/h2,9-10,12H,1,3-8,11H2. The number of unbranched alkanes of at least 4 members (excludes halogenated alkanes) is 4. The van der Waals surface area contributed by atoms with Crippen molar-refractivity contribution in [3.05, 3.63) is 40.9 Å². The minimum Gasteiger partial charge on any atom is -0.0985 e. The first-order chi connectivity index (χ1) is 8.27. The van der Waals surface area contributed by atoms with Crippen LogP contribution in [0.15, 0.2) is 24.8 Å². The monoisotopic (exact) mass is 246 g/mol. The quantitative estimate of drug-likeness (QED) is 0.444. The van der Waals surface area contributed by atoms with E-state index in [1.165, 1.54) is 31.2 Å². The zero-order valence-electron chi connectivity index (χ0n) is 10.4. The van der Waals surface area contributed by atoms with Crippen molar-refractivity contribution in [3.63, 3.8) is 0 Å². The summed E-state index contributed by atoms with van der Waals surface area (Å²) in [4.78, 5) is 0. The Morgan fingerprint density at radius 3 is 2.53 bits per heavy atom. The third-order valence-electron chi connectivity index (χ3n) is 2.96. The minimum absolute atomic E-state index is 0.813. The van der Waals surface area contributed by atoms with E-state index in [4.69, 9.17) is 19.4 Å². The molecule has 2 radical (unpaired) electrons. The Morgan fingerprint density at radius 2 is 1.82 bits per heavy atom. The van der Waals surface area contributed by atoms with Crippen molar-refractivity contribution in [2.75, 3.05) is 0 Å². The molecular weight excluding hydrogens is 226 g/mol. The summed E-state index contributed by atoms with van der Waals surface area (Å²) in [6, 6.07) is 6.09. The Balaban J connectivity index is 2.33. The molecule has 0 fully saturated rings. The molecule has 17 heavy (non-hydrogen) atoms. The van der Waals surface area contributed by atoms with Crippen molar-refractivity contribution in [2.24, 2.45) is 0 Å². The summed E-state index contributed by atoms with van der Waals surface area (Å²) in [5.41, 5.74) is 2.38. The lowest BCUT2D eigenvalue weighted by atomic mass is 9.98. The number of hydrogen-bond acceptors (Lipinski definition) is 0. The molecule has 1 aromatic rings. The average Bonchev–Trinajstić information content (AvgIpc) is 2.35. The van der Waals surface area contributed by atoms with Crippen molar-refractivity contribution in [1.29, 1.82) is 0 Å². The fourth-order valence-electron chi connectivity index (χ4n) is 1.90. The molecule has 0 bridgehead atoms. The van der Waals surface area contributed by atoms with Crippen LogP contribution >= 0.6 is 11.6 Å². The topological polar surface area (TPSA) is 0 Å². The van der Waals surface area contributed by atoms with Gasteiger partial charge in [0.1, 0.15) is 0 Å². The van der Waals surface area contributed by atoms with E-state index < -0.39 is 0 Å². The van der Waals surface area contributed by atoms with E-state index in [9.17, 15) is 0 Å². The zero-order chi connectivity index (χ0) is 12.5. The maximum absolute atomic E-state index is 6.16. The Kier molecular flexibility index (Phi) is 7.11. The number of hydrogen-bond donors (Lipinski definition) is 0. The van der Waals surface area contributed by atoms with E-state index in [0.717, 1.165) is 29.7 Å². The van der Waals surface area contributed by atoms with Crippen LogP contribution in [0.2, 0.25) is 11.3 Å². The highest BCUT2D eigenvalue weighted by atomic mass is 35.5. The highest BCUT2D eigenvalue weighted by molar-refractivity contribution is 6.31. The van der Waals surface area contributed by atoms with Gasteiger partial charge >= 0.3 is 0 Å². The van der Waals surface area contributed by atoms with Crippen LogP contribution in [0.1, 0.15) is 43.2 Å². The van der Waals surface area contributed by atoms with Gasteiger partial charge in [-0.05, 0) is 30.0 Å². The Bertz CT molecular complexity index is 347. The molecule has 0 atom stereocenters. The normalized spacial score (nSPS) is 10.4. The molecule has 0 saturated heterocycles. The van der Waals surface area contributed by atoms with Gasteiger partial charge in [0.2, 0.25) is 0 Å². The third-order valence-corrected chi connectivity index (χ3v) is 3.32. The molecule has 0 N–H and O–H groups in total. The average molecular weight is 247 g/mol. The van der Waals surface area contributed by atoms with E-state index in [2.05, 4.69) is 12.6 Å². The summed E-state index contributed by atoms with van der Waals surface area (Å²) in [5, 5.41) is 0.873. The lowest BCUT2D eigenvalue weighted by Crippen LogP contribution is -1.89. The smallest absolute Gasteiger partial charge is 0.0653 e. The first-order valence-corrected chi connectivity index (χ1v) is 6.76. The number of halogens is 1. The fraction of sp³-hybridized carbons (Fsp3) is 0.467. The molecular formula is C15H20BCl. The molecule has 0 nitrogen and oxygen atoms in total. The SMILES string of the molecule is [B]CCCCCCCc1cc(C=C)ccc1Cl. The van der Waals surface area contributed by atoms with Gasteiger partial charge in [-0.3, -0.25) is 0 Å². The van der Waals surface area contributed by atoms with Crippen LogP contribution in [0.25, 0.3) is 6.08 Å². The molecule has 0 aliphatic carbocycles. The number of rotatable bonds is 8. The Hall–Kier alpha value is -0.685. The third kappa shape index (κ3) is 5.45. The summed E-state index contributed by atoms with van der Waals surface area (Å²) in [6.45, 7) is 3.78. The van der Waals surface area contributed by atoms with Crippen LogP contribution in [-0.2, 0) is 6.42 Å². The molecule has 1 rings (SSSR count). The van der Waals surface area contributed by atoms with Crippen molar-refractivity contribution in [1.82, 2.24) is 0 Å². The number of benzene rings is 1. The molecule has 0 spiro atoms. The molecule has 0 aromatic heterocycles. The van der Waals surface area contributed by atoms with Crippen LogP contribution in [0.3, 0.4) is 0 Å². The van der Waals surface area contributed by atoms with E-state index in [0.29, 0.717) is 0 Å². The van der Waals surface area contributed by atoms with Crippen molar-refractivity contribution < 1.29 is 0 Å². The van der Waals surface area contributed by atoms with Gasteiger partial charge in [-0.1, -0.05) is 68.4 Å². The van der Waals surface area contributed by atoms with E-state index >= 15 is 0 Å². The first-order valence-electron chi connectivity index (χ1n) is 6.39. The maximum atomic E-state index is 6.16. The van der Waals surface area contributed by atoms with Crippen LogP contribution in [0.5, 0.6) is 0 Å². The fourth-order valence-corrected chi connectivity index (χ4v) is 2.12. The lowest BCUT2D eigenvalue weighted by Gasteiger charge is -2.06. The van der Waals surface area contributed by atoms with Crippen LogP contribution < -0.4 is 0 Å². The van der Waals surface area contributed by atoms with Gasteiger partial charge in [0.05, 0.1) is 7.85 Å². The van der Waals surface area contributed by atoms with Gasteiger partial charge < -0.3 is 0 Å². The summed E-state index contributed by atoms with van der Waals surface area (Å²) in [7, 11) is 5.46. The summed E-state index contributed by atoms with van der Waals surface area (Å²) in [6.07, 6.45) is 9.86. The lowest BCUT2D eigenvalue weighted by molar-refractivity contribution is 0.632. The van der Waals surface area contributed by atoms with Crippen LogP contribution in [0.4, 0.5) is 0 Å². The van der Waals surface area contributed by atoms with Crippen LogP contribution in [0, 0.1) is 0 Å². The van der Waals surface area contributed by atoms with Crippen molar-refractivity contribution in [3.8, 4) is 0 Å². The Labute approximate surface area is 111 Å². The largest absolute Gasteiger partial charge is 0.0985 e. The van der Waals surface area contributed by atoms with Crippen molar-refractivity contribution >= 4 is 25.5 Å². The summed E-state index contributed by atoms with van der Waals surface area (Å²) in [5.74, 6) is 0. The molecule has 0 saturated carbocycles. The highest BCUT2D eigenvalue weighted by Gasteiger charge is 2.00. The van der Waals surface area contributed by atoms with Gasteiger partial charge in [0, 0.05) is 5.02 Å². The van der Waals surface area contributed by atoms with Gasteiger partial charge in [-0.25, -0.2) is 0 Å². The number of aryl methyl sites for hydroxylation is 1. The second-order valence-electron chi connectivity index (χ2n) is 4.36. The summed E-state index contributed by atoms with van der Waals surface area (Å²) >= 11 is 6.16. The first kappa shape index (κ1) is 14.4.